The van der Waals surface area contributed by atoms with Crippen LogP contribution in [0.5, 0.6) is 0 Å². The quantitative estimate of drug-likeness (QED) is 0.173. The molecule has 0 saturated heterocycles. The molecule has 2 aromatic heterocycles. The Labute approximate surface area is 648 Å². The topological polar surface area (TPSA) is 57.4 Å². The number of nitrogens with zero attached hydrogens (tertiary/aromatic N) is 2. The van der Waals surface area contributed by atoms with Gasteiger partial charge in [0, 0.05) is 104 Å². The Morgan fingerprint density at radius 3 is 0.712 bits per heavy atom. The minimum atomic E-state index is -4.80. The molecule has 24 heteroatoms. The summed E-state index contributed by atoms with van der Waals surface area (Å²) in [7, 11) is 0. The van der Waals surface area contributed by atoms with E-state index in [1.54, 1.807) is 0 Å². The van der Waals surface area contributed by atoms with E-state index in [2.05, 4.69) is 137 Å². The monoisotopic (exact) mass is 1910 g/mol. The molecular weight excluding hydrogens is 1880 g/mol. The molecule has 8 bridgehead atoms. The lowest BCUT2D eigenvalue weighted by molar-refractivity contribution is -0.138. The average Bonchev–Trinajstić information content (AvgIpc) is 1.55. The number of fused-ring (bicyclic) bond motifs is 4. The standard InChI is InChI=1S/C80H36Br8F12N4/c81-57-25-37-17-49-51(19-39(37)27-59(57)83)71-66(34-3-11-46(12-4-34)78(92,93)94)73-53-21-41-29-61(85)63(87)31-43(41)23-55(53)75(103-73)68(36-7-15-48(16-8-36)80(98,99)100)76-56-24-44-32-64(88)62(86)30-42(44)22-54(56)74(104-76)67(35-5-13-47(14-6-35)79(95,96)97)72-52-20-40-28-60(84)58(82)26-38(40)18-50(52)70(102-72)65(69(49)101-71)33-1-9-45(10-2-33)77(89,90)91/h1-21,23,25-32,101,104H,22,24H2. The molecule has 4 aliphatic rings. The summed E-state index contributed by atoms with van der Waals surface area (Å²) in [6.45, 7) is 0. The Bertz CT molecular complexity index is 5930. The van der Waals surface area contributed by atoms with E-state index in [9.17, 15) is 0 Å². The SMILES string of the molecule is FC(F)(F)c1ccc(-c2c3nc(c(-c4ccc(C(F)(F)F)cc4)c4[nH]c(c(-c5ccc(C(F)(F)F)cc5)c5nc(c(-c6ccc(C(F)(F)F)cc6)c6[nH]c2c2c6Cc6cc(Br)c(Br)cc6C2)-c2cc6cc(Br)c(Br)cc6cc2-5)c2cc5cc(Br)c(Br)cc5cc42)-c2cc4cc(Br)c(Br)cc4cc2-3)cc1. The molecule has 0 saturated carbocycles. The minimum absolute atomic E-state index is 0.155. The molecule has 4 nitrogen and oxygen atoms in total. The Balaban J connectivity index is 1.21. The van der Waals surface area contributed by atoms with Crippen molar-refractivity contribution < 1.29 is 52.7 Å². The van der Waals surface area contributed by atoms with Gasteiger partial charge in [0.25, 0.3) is 0 Å². The number of alkyl halides is 12. The van der Waals surface area contributed by atoms with Gasteiger partial charge in [-0.25, -0.2) is 9.97 Å². The predicted molar refractivity (Wildman–Crippen MR) is 415 cm³/mol. The summed E-state index contributed by atoms with van der Waals surface area (Å²) < 4.78 is 186. The average molecular weight is 1920 g/mol. The highest BCUT2D eigenvalue weighted by molar-refractivity contribution is 9.14. The van der Waals surface area contributed by atoms with E-state index in [1.807, 2.05) is 84.9 Å². The first kappa shape index (κ1) is 69.6. The lowest BCUT2D eigenvalue weighted by atomic mass is 9.84. The second kappa shape index (κ2) is 25.1. The van der Waals surface area contributed by atoms with Gasteiger partial charge in [-0.15, -0.1) is 0 Å². The number of aromatic nitrogens is 4. The Hall–Kier alpha value is -7.42. The number of hydrogen-bond acceptors (Lipinski definition) is 2. The normalized spacial score (nSPS) is 13.1. The van der Waals surface area contributed by atoms with Crippen LogP contribution in [0.2, 0.25) is 0 Å². The minimum Gasteiger partial charge on any atom is -0.354 e. The first-order valence-corrected chi connectivity index (χ1v) is 37.8. The molecule has 2 aliphatic heterocycles. The molecule has 0 amide bonds. The number of H-pyrrole nitrogens is 2. The van der Waals surface area contributed by atoms with Crippen LogP contribution in [0.25, 0.3) is 155 Å². The fourth-order valence-electron chi connectivity index (χ4n) is 14.6. The molecule has 104 heavy (non-hydrogen) atoms. The third-order valence-corrected chi connectivity index (χ3v) is 26.8. The van der Waals surface area contributed by atoms with Gasteiger partial charge in [0.2, 0.25) is 0 Å². The summed E-state index contributed by atoms with van der Waals surface area (Å²) in [6, 6.07) is 45.1. The lowest BCUT2D eigenvalue weighted by Gasteiger charge is -2.20. The van der Waals surface area contributed by atoms with Crippen molar-refractivity contribution in [2.75, 3.05) is 0 Å². The van der Waals surface area contributed by atoms with Crippen molar-refractivity contribution in [3.63, 3.8) is 0 Å². The van der Waals surface area contributed by atoms with Gasteiger partial charge in [-0.2, -0.15) is 52.7 Å². The Morgan fingerprint density at radius 1 is 0.260 bits per heavy atom. The lowest BCUT2D eigenvalue weighted by Crippen LogP contribution is -2.07. The maximum absolute atomic E-state index is 15.0. The predicted octanol–water partition coefficient (Wildman–Crippen LogP) is 29.9. The van der Waals surface area contributed by atoms with Gasteiger partial charge in [-0.3, -0.25) is 0 Å². The number of aromatic amines is 2. The van der Waals surface area contributed by atoms with E-state index in [-0.39, 0.29) is 91.2 Å². The van der Waals surface area contributed by atoms with E-state index >= 15 is 52.7 Å². The van der Waals surface area contributed by atoms with Gasteiger partial charge in [-0.05, 0) is 338 Å². The van der Waals surface area contributed by atoms with Gasteiger partial charge in [0.1, 0.15) is 0 Å². The molecule has 2 N–H and O–H groups in total. The highest BCUT2D eigenvalue weighted by atomic mass is 79.9. The molecule has 11 aromatic carbocycles. The molecule has 2 aliphatic carbocycles. The molecule has 0 unspecified atom stereocenters. The van der Waals surface area contributed by atoms with Crippen molar-refractivity contribution in [3.05, 3.63) is 262 Å². The maximum Gasteiger partial charge on any atom is 0.416 e. The smallest absolute Gasteiger partial charge is 0.354 e. The fraction of sp³-hybridized carbons (Fsp3) is 0.0750. The van der Waals surface area contributed by atoms with Crippen LogP contribution in [-0.4, -0.2) is 19.9 Å². The van der Waals surface area contributed by atoms with Gasteiger partial charge in [0.05, 0.1) is 67.1 Å². The number of hydrogen-bond donors (Lipinski definition) is 2. The van der Waals surface area contributed by atoms with Gasteiger partial charge >= 0.3 is 24.7 Å². The second-order valence-corrected chi connectivity index (χ2v) is 32.4. The third kappa shape index (κ3) is 11.8. The molecule has 17 rings (SSSR count). The van der Waals surface area contributed by atoms with Crippen molar-refractivity contribution >= 4 is 193 Å². The molecule has 0 spiro atoms. The maximum atomic E-state index is 15.0. The molecule has 0 atom stereocenters. The largest absolute Gasteiger partial charge is 0.416 e. The van der Waals surface area contributed by atoms with Gasteiger partial charge in [-0.1, -0.05) is 48.5 Å². The third-order valence-electron chi connectivity index (χ3n) is 19.4. The van der Waals surface area contributed by atoms with E-state index in [1.165, 1.54) is 48.5 Å². The highest BCUT2D eigenvalue weighted by Gasteiger charge is 2.38. The number of benzene rings is 11. The van der Waals surface area contributed by atoms with Crippen LogP contribution < -0.4 is 0 Å². The van der Waals surface area contributed by atoms with Crippen LogP contribution in [0, 0.1) is 0 Å². The summed E-state index contributed by atoms with van der Waals surface area (Å²) in [6.07, 6.45) is -18.9. The summed E-state index contributed by atoms with van der Waals surface area (Å²) in [5, 5.41) is 4.90. The van der Waals surface area contributed by atoms with Crippen LogP contribution >= 0.6 is 127 Å². The van der Waals surface area contributed by atoms with Crippen molar-refractivity contribution in [3.8, 4) is 89.5 Å². The zero-order valence-electron chi connectivity index (χ0n) is 52.2. The first-order valence-electron chi connectivity index (χ1n) is 31.5. The van der Waals surface area contributed by atoms with Crippen LogP contribution in [0.1, 0.15) is 44.5 Å². The zero-order valence-corrected chi connectivity index (χ0v) is 64.9. The van der Waals surface area contributed by atoms with Gasteiger partial charge in [0.15, 0.2) is 0 Å². The molecule has 0 radical (unpaired) electrons. The van der Waals surface area contributed by atoms with E-state index < -0.39 is 47.0 Å². The summed E-state index contributed by atoms with van der Waals surface area (Å²) in [5.74, 6) is 0. The van der Waals surface area contributed by atoms with E-state index in [0.29, 0.717) is 123 Å². The summed E-state index contributed by atoms with van der Waals surface area (Å²) >= 11 is 29.7. The van der Waals surface area contributed by atoms with Crippen LogP contribution in [0.15, 0.2) is 218 Å². The Kier molecular flexibility index (Phi) is 16.8. The Morgan fingerprint density at radius 2 is 0.471 bits per heavy atom. The van der Waals surface area contributed by atoms with Crippen molar-refractivity contribution in [2.45, 2.75) is 37.5 Å². The number of halogens is 20. The van der Waals surface area contributed by atoms with Gasteiger partial charge < -0.3 is 9.97 Å². The molecule has 4 heterocycles. The number of nitrogens with one attached hydrogen (secondary N) is 2. The van der Waals surface area contributed by atoms with Crippen molar-refractivity contribution in [1.82, 2.24) is 19.9 Å². The zero-order chi connectivity index (χ0) is 72.9. The molecule has 13 aromatic rings. The summed E-state index contributed by atoms with van der Waals surface area (Å²) in [4.78, 5) is 19.2. The van der Waals surface area contributed by atoms with Crippen LogP contribution in [-0.2, 0) is 37.5 Å². The molecular formula is C80H36Br8F12N4. The highest BCUT2D eigenvalue weighted by Crippen LogP contribution is 2.56. The molecule has 0 fully saturated rings. The van der Waals surface area contributed by atoms with Crippen molar-refractivity contribution in [2.24, 2.45) is 0 Å². The van der Waals surface area contributed by atoms with Crippen LogP contribution in [0.3, 0.4) is 0 Å². The van der Waals surface area contributed by atoms with E-state index in [4.69, 9.17) is 9.97 Å². The summed E-state index contributed by atoms with van der Waals surface area (Å²) in [5.41, 5.74) is 4.77. The second-order valence-electron chi connectivity index (χ2n) is 25.5. The van der Waals surface area contributed by atoms with Crippen molar-refractivity contribution in [1.29, 1.82) is 0 Å². The fourth-order valence-corrected chi connectivity index (χ4v) is 17.5. The van der Waals surface area contributed by atoms with E-state index in [0.717, 1.165) is 59.7 Å². The van der Waals surface area contributed by atoms with Crippen LogP contribution in [0.4, 0.5) is 52.7 Å². The molecule has 516 valence electrons. The first-order chi connectivity index (χ1) is 49.3. The number of rotatable bonds is 4.